The Labute approximate surface area is 354 Å². The van der Waals surface area contributed by atoms with E-state index in [4.69, 9.17) is 5.73 Å². The molecule has 3 aromatic carbocycles. The molecule has 0 unspecified atom stereocenters. The van der Waals surface area contributed by atoms with Crippen LogP contribution in [0.25, 0.3) is 0 Å². The molecule has 6 aromatic rings. The van der Waals surface area contributed by atoms with Gasteiger partial charge in [0.15, 0.2) is 0 Å². The molecule has 2 saturated heterocycles. The van der Waals surface area contributed by atoms with Gasteiger partial charge in [-0.1, -0.05) is 55.7 Å². The fourth-order valence-electron chi connectivity index (χ4n) is 8.01. The Kier molecular flexibility index (Phi) is 17.0. The third-order valence-corrected chi connectivity index (χ3v) is 11.2. The van der Waals surface area contributed by atoms with Crippen LogP contribution in [-0.4, -0.2) is 65.9 Å². The molecule has 5 N–H and O–H groups in total. The van der Waals surface area contributed by atoms with Gasteiger partial charge in [-0.05, 0) is 62.8 Å². The molecule has 3 aliphatic rings. The molecule has 0 bridgehead atoms. The van der Waals surface area contributed by atoms with Crippen molar-refractivity contribution in [3.63, 3.8) is 0 Å². The molecule has 2 aliphatic heterocycles. The lowest BCUT2D eigenvalue weighted by Gasteiger charge is -2.33. The number of para-hydroxylation sites is 5. The number of hydrogen-bond acceptors (Lipinski definition) is 10. The van der Waals surface area contributed by atoms with E-state index in [0.717, 1.165) is 87.0 Å². The normalized spacial score (nSPS) is 15.8. The molecule has 60 heavy (non-hydrogen) atoms. The first kappa shape index (κ1) is 44.8. The number of H-pyrrole nitrogens is 3. The van der Waals surface area contributed by atoms with Crippen LogP contribution in [0.1, 0.15) is 92.6 Å². The quantitative estimate of drug-likeness (QED) is 0.0680. The van der Waals surface area contributed by atoms with Crippen LogP contribution in [0.3, 0.4) is 0 Å². The number of nitrogens with one attached hydrogen (secondary N) is 3. The number of imidazole rings is 3. The molecule has 15 nitrogen and oxygen atoms in total. The molecular formula is C43H53ClFN11O4. The molecule has 1 aliphatic carbocycles. The molecule has 0 amide bonds. The minimum Gasteiger partial charge on any atom is -0.397 e. The minimum atomic E-state index is -0.799. The molecule has 0 atom stereocenters. The predicted octanol–water partition coefficient (Wildman–Crippen LogP) is 9.69. The van der Waals surface area contributed by atoms with Gasteiger partial charge in [0.2, 0.25) is 5.82 Å². The molecule has 0 radical (unpaired) electrons. The summed E-state index contributed by atoms with van der Waals surface area (Å²) in [5, 5.41) is 21.1. The highest BCUT2D eigenvalue weighted by Crippen LogP contribution is 2.35. The lowest BCUT2D eigenvalue weighted by atomic mass is 9.87. The van der Waals surface area contributed by atoms with Crippen molar-refractivity contribution < 1.29 is 14.2 Å². The fraction of sp³-hybridized carbons (Fsp3) is 0.372. The van der Waals surface area contributed by atoms with Gasteiger partial charge in [-0.15, -0.1) is 12.4 Å². The average molecular weight is 842 g/mol. The number of nitro benzene ring substituents is 2. The van der Waals surface area contributed by atoms with Crippen LogP contribution in [0.5, 0.6) is 0 Å². The third kappa shape index (κ3) is 12.4. The second-order valence-corrected chi connectivity index (χ2v) is 14.9. The van der Waals surface area contributed by atoms with Crippen molar-refractivity contribution in [2.75, 3.05) is 41.7 Å². The largest absolute Gasteiger partial charge is 0.397 e. The summed E-state index contributed by atoms with van der Waals surface area (Å²) in [7, 11) is 0. The predicted molar refractivity (Wildman–Crippen MR) is 234 cm³/mol. The molecule has 3 aromatic heterocycles. The van der Waals surface area contributed by atoms with Gasteiger partial charge in [-0.3, -0.25) is 20.2 Å². The maximum absolute atomic E-state index is 12.4. The molecule has 318 valence electrons. The highest BCUT2D eigenvalue weighted by molar-refractivity contribution is 5.85. The van der Waals surface area contributed by atoms with Crippen LogP contribution in [0, 0.1) is 26.0 Å². The van der Waals surface area contributed by atoms with E-state index in [2.05, 4.69) is 45.8 Å². The maximum Gasteiger partial charge on any atom is 0.304 e. The van der Waals surface area contributed by atoms with Crippen LogP contribution >= 0.6 is 12.4 Å². The smallest absolute Gasteiger partial charge is 0.304 e. The topological polar surface area (TPSA) is 205 Å². The van der Waals surface area contributed by atoms with Crippen LogP contribution in [0.4, 0.5) is 32.8 Å². The number of piperidine rings is 2. The summed E-state index contributed by atoms with van der Waals surface area (Å²) in [6, 6.07) is 20.1. The number of rotatable bonds is 7. The maximum atomic E-state index is 12.4. The Bertz CT molecular complexity index is 2150. The van der Waals surface area contributed by atoms with Crippen molar-refractivity contribution in [1.29, 1.82) is 0 Å². The zero-order chi connectivity index (χ0) is 41.4. The van der Waals surface area contributed by atoms with E-state index >= 15 is 0 Å². The average Bonchev–Trinajstić information content (AvgIpc) is 4.11. The van der Waals surface area contributed by atoms with Gasteiger partial charge < -0.3 is 30.5 Å². The lowest BCUT2D eigenvalue weighted by Crippen LogP contribution is -2.33. The van der Waals surface area contributed by atoms with Crippen LogP contribution in [0.2, 0.25) is 0 Å². The van der Waals surface area contributed by atoms with Crippen molar-refractivity contribution in [2.24, 2.45) is 0 Å². The number of benzene rings is 3. The van der Waals surface area contributed by atoms with Crippen molar-refractivity contribution in [3.05, 3.63) is 153 Å². The second-order valence-electron chi connectivity index (χ2n) is 14.9. The van der Waals surface area contributed by atoms with Gasteiger partial charge >= 0.3 is 5.69 Å². The van der Waals surface area contributed by atoms with E-state index in [1.165, 1.54) is 61.3 Å². The van der Waals surface area contributed by atoms with Gasteiger partial charge in [0, 0.05) is 91.7 Å². The lowest BCUT2D eigenvalue weighted by molar-refractivity contribution is -0.387. The number of nitrogens with zero attached hydrogens (tertiary/aromatic N) is 7. The Morgan fingerprint density at radius 3 is 1.38 bits per heavy atom. The number of aromatic nitrogens is 6. The van der Waals surface area contributed by atoms with Gasteiger partial charge in [0.25, 0.3) is 5.69 Å². The molecule has 3 fully saturated rings. The number of nitro groups is 2. The Balaban J connectivity index is 0.000000157. The Hall–Kier alpha value is -6.29. The highest BCUT2D eigenvalue weighted by Gasteiger charge is 2.26. The number of nitrogens with two attached hydrogens (primary N) is 1. The number of halogens is 2. The van der Waals surface area contributed by atoms with E-state index in [1.54, 1.807) is 31.1 Å². The second kappa shape index (κ2) is 22.8. The summed E-state index contributed by atoms with van der Waals surface area (Å²) in [6.45, 7) is 3.76. The van der Waals surface area contributed by atoms with E-state index in [9.17, 15) is 24.6 Å². The van der Waals surface area contributed by atoms with Gasteiger partial charge in [0.1, 0.15) is 5.69 Å². The van der Waals surface area contributed by atoms with Gasteiger partial charge in [-0.25, -0.2) is 15.0 Å². The van der Waals surface area contributed by atoms with E-state index in [0.29, 0.717) is 11.8 Å². The summed E-state index contributed by atoms with van der Waals surface area (Å²) in [4.78, 5) is 46.2. The number of anilines is 3. The number of aromatic amines is 3. The molecular weight excluding hydrogens is 789 g/mol. The molecule has 1 saturated carbocycles. The first-order valence-corrected chi connectivity index (χ1v) is 20.2. The monoisotopic (exact) mass is 841 g/mol. The van der Waals surface area contributed by atoms with E-state index < -0.39 is 16.4 Å². The zero-order valence-corrected chi connectivity index (χ0v) is 34.3. The zero-order valence-electron chi connectivity index (χ0n) is 33.4. The van der Waals surface area contributed by atoms with Crippen LogP contribution in [0.15, 0.2) is 110 Å². The molecule has 0 spiro atoms. The first-order valence-electron chi connectivity index (χ1n) is 20.2. The van der Waals surface area contributed by atoms with Gasteiger partial charge in [0.05, 0.1) is 40.2 Å². The first-order chi connectivity index (χ1) is 28.8. The van der Waals surface area contributed by atoms with Crippen molar-refractivity contribution in [1.82, 2.24) is 29.9 Å². The number of hydrogen-bond donors (Lipinski definition) is 4. The third-order valence-electron chi connectivity index (χ3n) is 11.2. The Morgan fingerprint density at radius 2 is 0.967 bits per heavy atom. The summed E-state index contributed by atoms with van der Waals surface area (Å²) >= 11 is 0. The molecule has 17 heteroatoms. The highest BCUT2D eigenvalue weighted by atomic mass is 35.5. The van der Waals surface area contributed by atoms with Crippen LogP contribution < -0.4 is 15.5 Å². The summed E-state index contributed by atoms with van der Waals surface area (Å²) in [6.07, 6.45) is 22.2. The van der Waals surface area contributed by atoms with Crippen molar-refractivity contribution >= 4 is 40.8 Å². The van der Waals surface area contributed by atoms with Crippen molar-refractivity contribution in [2.45, 2.75) is 75.5 Å². The minimum absolute atomic E-state index is 0. The van der Waals surface area contributed by atoms with Gasteiger partial charge in [-0.2, -0.15) is 4.39 Å². The summed E-state index contributed by atoms with van der Waals surface area (Å²) < 4.78 is 12.4. The SMILES string of the molecule is Cl.Nc1ccccc1N1CCC(c2cnc[nH]2)CC1.O=[N+]([O-])c1ccccc1F.O=[N+]([O-])c1ccccc1N1CCC(c2cnc[nH]2)CC1.c1ncc(C2CCCCC2)[nH]1. The van der Waals surface area contributed by atoms with Crippen LogP contribution in [-0.2, 0) is 0 Å². The summed E-state index contributed by atoms with van der Waals surface area (Å²) in [5.74, 6) is 1.05. The number of nitrogen functional groups attached to an aromatic ring is 1. The Morgan fingerprint density at radius 1 is 0.567 bits per heavy atom. The molecule has 5 heterocycles. The summed E-state index contributed by atoms with van der Waals surface area (Å²) in [5.41, 5.74) is 12.2. The van der Waals surface area contributed by atoms with E-state index in [1.807, 2.05) is 48.9 Å². The van der Waals surface area contributed by atoms with Crippen molar-refractivity contribution in [3.8, 4) is 0 Å². The standard InChI is InChI=1S/C14H16N4O2.C14H18N4.C9H14N2.C6H4FNO2.ClH/c19-18(20)14-4-2-1-3-13(14)17-7-5-11(6-8-17)12-9-15-10-16-12;15-12-3-1-2-4-14(12)18-7-5-11(6-8-18)13-9-16-10-17-13;1-2-4-8(5-3-1)9-6-10-7-11-9;7-5-3-1-2-4-6(5)8(9)10;/h1-4,9-11H,5-8H2,(H,15,16);1-4,9-11H,5-8,15H2,(H,16,17);6-8H,1-5H2,(H,10,11);1-4H;1H. The fourth-order valence-corrected chi connectivity index (χ4v) is 8.01. The molecule has 9 rings (SSSR count). The van der Waals surface area contributed by atoms with E-state index in [-0.39, 0.29) is 23.0 Å².